The maximum absolute atomic E-state index is 12.2. The molecule has 0 aliphatic heterocycles. The Kier molecular flexibility index (Phi) is 4.66. The van der Waals surface area contributed by atoms with Gasteiger partial charge in [-0.15, -0.1) is 23.1 Å². The maximum atomic E-state index is 12.2. The molecule has 0 spiro atoms. The summed E-state index contributed by atoms with van der Waals surface area (Å²) in [5.74, 6) is -0.0151. The first-order valence-corrected chi connectivity index (χ1v) is 9.10. The van der Waals surface area contributed by atoms with Crippen LogP contribution in [0.4, 0.5) is 5.69 Å². The molecule has 0 radical (unpaired) electrons. The van der Waals surface area contributed by atoms with Gasteiger partial charge < -0.3 is 5.32 Å². The monoisotopic (exact) mass is 317 g/mol. The summed E-state index contributed by atoms with van der Waals surface area (Å²) < 4.78 is 0. The van der Waals surface area contributed by atoms with E-state index in [-0.39, 0.29) is 5.91 Å². The quantitative estimate of drug-likeness (QED) is 0.824. The molecule has 1 N–H and O–H groups in total. The normalized spacial score (nSPS) is 15.3. The zero-order chi connectivity index (χ0) is 14.7. The molecule has 1 aliphatic rings. The van der Waals surface area contributed by atoms with Gasteiger partial charge in [-0.2, -0.15) is 0 Å². The van der Waals surface area contributed by atoms with Crippen molar-refractivity contribution in [1.29, 1.82) is 0 Å². The fourth-order valence-corrected chi connectivity index (χ4v) is 4.68. The highest BCUT2D eigenvalue weighted by atomic mass is 32.2. The highest BCUT2D eigenvalue weighted by Crippen LogP contribution is 2.35. The summed E-state index contributed by atoms with van der Waals surface area (Å²) >= 11 is 3.45. The van der Waals surface area contributed by atoms with E-state index in [0.717, 1.165) is 21.4 Å². The van der Waals surface area contributed by atoms with Crippen molar-refractivity contribution in [3.8, 4) is 0 Å². The Morgan fingerprint density at radius 3 is 2.52 bits per heavy atom. The minimum absolute atomic E-state index is 0.0151. The zero-order valence-corrected chi connectivity index (χ0v) is 13.7. The second-order valence-corrected chi connectivity index (χ2v) is 7.73. The first kappa shape index (κ1) is 14.7. The Morgan fingerprint density at radius 1 is 1.19 bits per heavy atom. The topological polar surface area (TPSA) is 29.1 Å². The van der Waals surface area contributed by atoms with Crippen LogP contribution in [-0.4, -0.2) is 11.2 Å². The van der Waals surface area contributed by atoms with Crippen molar-refractivity contribution < 1.29 is 4.79 Å². The second kappa shape index (κ2) is 6.67. The second-order valence-electron chi connectivity index (χ2n) is 5.44. The van der Waals surface area contributed by atoms with Gasteiger partial charge in [0.25, 0.3) is 5.91 Å². The molecule has 1 saturated carbocycles. The van der Waals surface area contributed by atoms with E-state index >= 15 is 0 Å². The largest absolute Gasteiger partial charge is 0.321 e. The fourth-order valence-electron chi connectivity index (χ4n) is 2.61. The Bertz CT molecular complexity index is 612. The van der Waals surface area contributed by atoms with Crippen LogP contribution in [-0.2, 0) is 0 Å². The number of aryl methyl sites for hydroxylation is 1. The van der Waals surface area contributed by atoms with Crippen molar-refractivity contribution in [3.63, 3.8) is 0 Å². The number of hydrogen-bond acceptors (Lipinski definition) is 3. The van der Waals surface area contributed by atoms with Crippen LogP contribution in [0.15, 0.2) is 40.6 Å². The number of nitrogens with one attached hydrogen (secondary N) is 1. The van der Waals surface area contributed by atoms with Gasteiger partial charge in [0.05, 0.1) is 4.88 Å². The molecule has 1 aliphatic carbocycles. The predicted octanol–water partition coefficient (Wildman–Crippen LogP) is 5.34. The molecule has 2 aromatic rings. The van der Waals surface area contributed by atoms with Gasteiger partial charge in [-0.25, -0.2) is 0 Å². The Balaban J connectivity index is 1.61. The molecule has 110 valence electrons. The highest BCUT2D eigenvalue weighted by molar-refractivity contribution is 8.00. The molecule has 4 heteroatoms. The SMILES string of the molecule is Cc1ccsc1C(=O)Nc1ccc(SC2CCCC2)cc1. The number of thiophene rings is 1. The Morgan fingerprint density at radius 2 is 1.90 bits per heavy atom. The standard InChI is InChI=1S/C17H19NOS2/c1-12-10-11-20-16(12)17(19)18-13-6-8-15(9-7-13)21-14-4-2-3-5-14/h6-11,14H,2-5H2,1H3,(H,18,19). The third-order valence-corrected chi connectivity index (χ3v) is 6.15. The van der Waals surface area contributed by atoms with Crippen LogP contribution in [0.3, 0.4) is 0 Å². The summed E-state index contributed by atoms with van der Waals surface area (Å²) in [7, 11) is 0. The van der Waals surface area contributed by atoms with Crippen molar-refractivity contribution in [2.24, 2.45) is 0 Å². The molecule has 1 heterocycles. The molecule has 0 atom stereocenters. The molecule has 2 nitrogen and oxygen atoms in total. The highest BCUT2D eigenvalue weighted by Gasteiger charge is 2.16. The van der Waals surface area contributed by atoms with Gasteiger partial charge in [0.1, 0.15) is 0 Å². The lowest BCUT2D eigenvalue weighted by atomic mass is 10.2. The molecule has 1 fully saturated rings. The van der Waals surface area contributed by atoms with E-state index in [2.05, 4.69) is 17.4 Å². The van der Waals surface area contributed by atoms with Crippen molar-refractivity contribution in [3.05, 3.63) is 46.2 Å². The summed E-state index contributed by atoms with van der Waals surface area (Å²) in [6, 6.07) is 10.2. The van der Waals surface area contributed by atoms with Crippen molar-refractivity contribution in [2.75, 3.05) is 5.32 Å². The number of rotatable bonds is 4. The van der Waals surface area contributed by atoms with E-state index in [0.29, 0.717) is 0 Å². The summed E-state index contributed by atoms with van der Waals surface area (Å²) in [5, 5.41) is 5.70. The third kappa shape index (κ3) is 3.69. The minimum atomic E-state index is -0.0151. The summed E-state index contributed by atoms with van der Waals surface area (Å²) in [6.45, 7) is 1.97. The van der Waals surface area contributed by atoms with E-state index in [9.17, 15) is 4.79 Å². The van der Waals surface area contributed by atoms with Gasteiger partial charge in [0.2, 0.25) is 0 Å². The van der Waals surface area contributed by atoms with Crippen LogP contribution in [0.1, 0.15) is 40.9 Å². The van der Waals surface area contributed by atoms with Crippen LogP contribution >= 0.6 is 23.1 Å². The van der Waals surface area contributed by atoms with Crippen LogP contribution in [0.25, 0.3) is 0 Å². The summed E-state index contributed by atoms with van der Waals surface area (Å²) in [6.07, 6.45) is 5.40. The lowest BCUT2D eigenvalue weighted by Crippen LogP contribution is -2.11. The van der Waals surface area contributed by atoms with E-state index in [1.54, 1.807) is 0 Å². The lowest BCUT2D eigenvalue weighted by Gasteiger charge is -2.10. The number of anilines is 1. The number of amides is 1. The molecule has 1 aromatic heterocycles. The van der Waals surface area contributed by atoms with Gasteiger partial charge in [-0.05, 0) is 61.0 Å². The van der Waals surface area contributed by atoms with E-state index in [1.807, 2.05) is 42.3 Å². The first-order valence-electron chi connectivity index (χ1n) is 7.34. The maximum Gasteiger partial charge on any atom is 0.265 e. The number of benzene rings is 1. The molecule has 21 heavy (non-hydrogen) atoms. The number of carbonyl (C=O) groups excluding carboxylic acids is 1. The molecular weight excluding hydrogens is 298 g/mol. The van der Waals surface area contributed by atoms with E-state index in [1.165, 1.54) is 41.9 Å². The molecule has 0 bridgehead atoms. The van der Waals surface area contributed by atoms with Crippen LogP contribution in [0.2, 0.25) is 0 Å². The lowest BCUT2D eigenvalue weighted by molar-refractivity contribution is 0.103. The van der Waals surface area contributed by atoms with Gasteiger partial charge >= 0.3 is 0 Å². The minimum Gasteiger partial charge on any atom is -0.321 e. The fraction of sp³-hybridized carbons (Fsp3) is 0.353. The average molecular weight is 317 g/mol. The van der Waals surface area contributed by atoms with Crippen molar-refractivity contribution in [1.82, 2.24) is 0 Å². The zero-order valence-electron chi connectivity index (χ0n) is 12.1. The summed E-state index contributed by atoms with van der Waals surface area (Å²) in [5.41, 5.74) is 1.90. The van der Waals surface area contributed by atoms with Crippen molar-refractivity contribution >= 4 is 34.7 Å². The third-order valence-electron chi connectivity index (χ3n) is 3.79. The van der Waals surface area contributed by atoms with Crippen LogP contribution < -0.4 is 5.32 Å². The van der Waals surface area contributed by atoms with E-state index < -0.39 is 0 Å². The van der Waals surface area contributed by atoms with Gasteiger partial charge in [-0.1, -0.05) is 12.8 Å². The van der Waals surface area contributed by atoms with Gasteiger partial charge in [0.15, 0.2) is 0 Å². The van der Waals surface area contributed by atoms with Crippen LogP contribution in [0.5, 0.6) is 0 Å². The molecular formula is C17H19NOS2. The molecule has 0 unspecified atom stereocenters. The van der Waals surface area contributed by atoms with E-state index in [4.69, 9.17) is 0 Å². The van der Waals surface area contributed by atoms with Crippen LogP contribution in [0, 0.1) is 6.92 Å². The average Bonchev–Trinajstić information content (AvgIpc) is 3.12. The van der Waals surface area contributed by atoms with Gasteiger partial charge in [-0.3, -0.25) is 4.79 Å². The number of thioether (sulfide) groups is 1. The molecule has 0 saturated heterocycles. The van der Waals surface area contributed by atoms with Crippen molar-refractivity contribution in [2.45, 2.75) is 42.8 Å². The summed E-state index contributed by atoms with van der Waals surface area (Å²) in [4.78, 5) is 14.2. The first-order chi connectivity index (χ1) is 10.2. The molecule has 3 rings (SSSR count). The van der Waals surface area contributed by atoms with Gasteiger partial charge in [0, 0.05) is 15.8 Å². The Labute approximate surface area is 134 Å². The number of carbonyl (C=O) groups is 1. The predicted molar refractivity (Wildman–Crippen MR) is 91.6 cm³/mol. The number of hydrogen-bond donors (Lipinski definition) is 1. The molecule has 1 amide bonds. The molecule has 1 aromatic carbocycles. The smallest absolute Gasteiger partial charge is 0.265 e. The Hall–Kier alpha value is -1.26.